The molecule has 3 nitrogen and oxygen atoms in total. The minimum Gasteiger partial charge on any atom is -0.493 e. The minimum absolute atomic E-state index is 0.0683. The molecule has 1 aromatic carbocycles. The molecule has 15 heavy (non-hydrogen) atoms. The highest BCUT2D eigenvalue weighted by atomic mass is 79.9. The van der Waals surface area contributed by atoms with Crippen molar-refractivity contribution in [1.29, 1.82) is 0 Å². The van der Waals surface area contributed by atoms with Crippen LogP contribution in [0.1, 0.15) is 24.2 Å². The topological polar surface area (TPSA) is 38.3 Å². The van der Waals surface area contributed by atoms with Crippen molar-refractivity contribution >= 4 is 21.8 Å². The summed E-state index contributed by atoms with van der Waals surface area (Å²) in [4.78, 5) is 11.5. The smallest absolute Gasteiger partial charge is 0.251 e. The molecule has 0 atom stereocenters. The fourth-order valence-corrected chi connectivity index (χ4v) is 1.67. The highest BCUT2D eigenvalue weighted by Gasteiger charge is 2.07. The molecule has 0 aliphatic rings. The highest BCUT2D eigenvalue weighted by molar-refractivity contribution is 9.10. The van der Waals surface area contributed by atoms with Gasteiger partial charge in [0.25, 0.3) is 5.91 Å². The van der Waals surface area contributed by atoms with Crippen LogP contribution in [0.15, 0.2) is 22.7 Å². The lowest BCUT2D eigenvalue weighted by Crippen LogP contribution is -2.22. The van der Waals surface area contributed by atoms with E-state index in [1.54, 1.807) is 18.2 Å². The number of benzene rings is 1. The molecule has 0 bridgehead atoms. The van der Waals surface area contributed by atoms with Crippen molar-refractivity contribution in [3.05, 3.63) is 28.2 Å². The van der Waals surface area contributed by atoms with Gasteiger partial charge in [-0.15, -0.1) is 0 Å². The van der Waals surface area contributed by atoms with Crippen molar-refractivity contribution in [2.75, 3.05) is 13.2 Å². The molecule has 1 N–H and O–H groups in total. The number of halogens is 1. The molecule has 0 saturated heterocycles. The van der Waals surface area contributed by atoms with Gasteiger partial charge in [-0.05, 0) is 48.0 Å². The number of amides is 1. The van der Waals surface area contributed by atoms with E-state index in [0.717, 1.165) is 10.2 Å². The van der Waals surface area contributed by atoms with E-state index in [2.05, 4.69) is 21.2 Å². The minimum atomic E-state index is -0.0683. The lowest BCUT2D eigenvalue weighted by Gasteiger charge is -2.07. The van der Waals surface area contributed by atoms with Crippen molar-refractivity contribution in [2.24, 2.45) is 0 Å². The number of nitrogens with one attached hydrogen (secondary N) is 1. The molecule has 82 valence electrons. The van der Waals surface area contributed by atoms with Crippen LogP contribution in [-0.2, 0) is 0 Å². The van der Waals surface area contributed by atoms with Crippen molar-refractivity contribution in [3.8, 4) is 5.75 Å². The zero-order valence-corrected chi connectivity index (χ0v) is 10.4. The van der Waals surface area contributed by atoms with Gasteiger partial charge in [-0.25, -0.2) is 0 Å². The first-order valence-corrected chi connectivity index (χ1v) is 5.68. The normalized spacial score (nSPS) is 9.80. The van der Waals surface area contributed by atoms with Crippen LogP contribution in [0, 0.1) is 0 Å². The zero-order chi connectivity index (χ0) is 11.3. The highest BCUT2D eigenvalue weighted by Crippen LogP contribution is 2.25. The van der Waals surface area contributed by atoms with E-state index < -0.39 is 0 Å². The van der Waals surface area contributed by atoms with Crippen LogP contribution in [0.25, 0.3) is 0 Å². The summed E-state index contributed by atoms with van der Waals surface area (Å²) in [6.45, 7) is 5.05. The summed E-state index contributed by atoms with van der Waals surface area (Å²) < 4.78 is 6.15. The number of hydrogen-bond acceptors (Lipinski definition) is 2. The quantitative estimate of drug-likeness (QED) is 0.914. The SMILES string of the molecule is CCNC(=O)c1ccc(OCC)c(Br)c1. The number of hydrogen-bond donors (Lipinski definition) is 1. The first kappa shape index (κ1) is 12.0. The van der Waals surface area contributed by atoms with E-state index in [9.17, 15) is 4.79 Å². The lowest BCUT2D eigenvalue weighted by molar-refractivity contribution is 0.0955. The second-order valence-electron chi connectivity index (χ2n) is 2.94. The average Bonchev–Trinajstić information content (AvgIpc) is 2.21. The van der Waals surface area contributed by atoms with Gasteiger partial charge in [0.05, 0.1) is 11.1 Å². The summed E-state index contributed by atoms with van der Waals surface area (Å²) in [6, 6.07) is 5.30. The molecule has 4 heteroatoms. The molecule has 0 fully saturated rings. The maximum Gasteiger partial charge on any atom is 0.251 e. The van der Waals surface area contributed by atoms with Crippen LogP contribution in [0.2, 0.25) is 0 Å². The molecule has 1 amide bonds. The Hall–Kier alpha value is -1.03. The Morgan fingerprint density at radius 2 is 2.20 bits per heavy atom. The Morgan fingerprint density at radius 3 is 2.73 bits per heavy atom. The summed E-state index contributed by atoms with van der Waals surface area (Å²) in [6.07, 6.45) is 0. The van der Waals surface area contributed by atoms with Crippen LogP contribution >= 0.6 is 15.9 Å². The Kier molecular flexibility index (Phi) is 4.62. The molecule has 1 rings (SSSR count). The lowest BCUT2D eigenvalue weighted by atomic mass is 10.2. The number of carbonyl (C=O) groups excluding carboxylic acids is 1. The molecular weight excluding hydrogens is 258 g/mol. The fraction of sp³-hybridized carbons (Fsp3) is 0.364. The van der Waals surface area contributed by atoms with Crippen LogP contribution in [-0.4, -0.2) is 19.1 Å². The largest absolute Gasteiger partial charge is 0.493 e. The van der Waals surface area contributed by atoms with Crippen molar-refractivity contribution in [1.82, 2.24) is 5.32 Å². The predicted octanol–water partition coefficient (Wildman–Crippen LogP) is 2.60. The Morgan fingerprint density at radius 1 is 1.47 bits per heavy atom. The summed E-state index contributed by atoms with van der Waals surface area (Å²) in [5.41, 5.74) is 0.632. The first-order valence-electron chi connectivity index (χ1n) is 4.89. The molecule has 0 aromatic heterocycles. The Bertz CT molecular complexity index is 352. The third-order valence-electron chi connectivity index (χ3n) is 1.83. The van der Waals surface area contributed by atoms with Gasteiger partial charge in [-0.1, -0.05) is 0 Å². The second-order valence-corrected chi connectivity index (χ2v) is 3.79. The summed E-state index contributed by atoms with van der Waals surface area (Å²) in [5.74, 6) is 0.687. The van der Waals surface area contributed by atoms with E-state index in [-0.39, 0.29) is 5.91 Å². The zero-order valence-electron chi connectivity index (χ0n) is 8.84. The molecule has 0 saturated carbocycles. The summed E-state index contributed by atoms with van der Waals surface area (Å²) in [7, 11) is 0. The van der Waals surface area contributed by atoms with Gasteiger partial charge in [-0.2, -0.15) is 0 Å². The summed E-state index contributed by atoms with van der Waals surface area (Å²) in [5, 5.41) is 2.74. The summed E-state index contributed by atoms with van der Waals surface area (Å²) >= 11 is 3.36. The molecule has 0 radical (unpaired) electrons. The predicted molar refractivity (Wildman–Crippen MR) is 63.3 cm³/mol. The van der Waals surface area contributed by atoms with Crippen LogP contribution < -0.4 is 10.1 Å². The maximum atomic E-state index is 11.5. The molecular formula is C11H14BrNO2. The molecule has 0 spiro atoms. The average molecular weight is 272 g/mol. The van der Waals surface area contributed by atoms with E-state index >= 15 is 0 Å². The van der Waals surface area contributed by atoms with Gasteiger partial charge in [0.1, 0.15) is 5.75 Å². The third kappa shape index (κ3) is 3.23. The van der Waals surface area contributed by atoms with Gasteiger partial charge < -0.3 is 10.1 Å². The first-order chi connectivity index (χ1) is 7.19. The van der Waals surface area contributed by atoms with Crippen molar-refractivity contribution < 1.29 is 9.53 Å². The molecule has 0 heterocycles. The Balaban J connectivity index is 2.86. The van der Waals surface area contributed by atoms with Gasteiger partial charge in [0, 0.05) is 12.1 Å². The van der Waals surface area contributed by atoms with Crippen LogP contribution in [0.4, 0.5) is 0 Å². The van der Waals surface area contributed by atoms with Gasteiger partial charge in [0.2, 0.25) is 0 Å². The molecule has 0 unspecified atom stereocenters. The number of rotatable bonds is 4. The number of carbonyl (C=O) groups is 1. The molecule has 0 aliphatic heterocycles. The molecule has 0 aliphatic carbocycles. The van der Waals surface area contributed by atoms with E-state index in [0.29, 0.717) is 18.7 Å². The van der Waals surface area contributed by atoms with E-state index in [1.807, 2.05) is 13.8 Å². The van der Waals surface area contributed by atoms with Gasteiger partial charge >= 0.3 is 0 Å². The van der Waals surface area contributed by atoms with E-state index in [4.69, 9.17) is 4.74 Å². The second kappa shape index (κ2) is 5.75. The molecule has 1 aromatic rings. The maximum absolute atomic E-state index is 11.5. The standard InChI is InChI=1S/C11H14BrNO2/c1-3-13-11(14)8-5-6-10(15-4-2)9(12)7-8/h5-7H,3-4H2,1-2H3,(H,13,14). The van der Waals surface area contributed by atoms with Gasteiger partial charge in [0.15, 0.2) is 0 Å². The van der Waals surface area contributed by atoms with Crippen LogP contribution in [0.3, 0.4) is 0 Å². The fourth-order valence-electron chi connectivity index (χ4n) is 1.18. The Labute approximate surface area is 97.9 Å². The third-order valence-corrected chi connectivity index (χ3v) is 2.45. The van der Waals surface area contributed by atoms with Crippen molar-refractivity contribution in [3.63, 3.8) is 0 Å². The van der Waals surface area contributed by atoms with Gasteiger partial charge in [-0.3, -0.25) is 4.79 Å². The van der Waals surface area contributed by atoms with E-state index in [1.165, 1.54) is 0 Å². The van der Waals surface area contributed by atoms with Crippen molar-refractivity contribution in [2.45, 2.75) is 13.8 Å². The van der Waals surface area contributed by atoms with Crippen LogP contribution in [0.5, 0.6) is 5.75 Å². The monoisotopic (exact) mass is 271 g/mol. The number of ether oxygens (including phenoxy) is 1.